The van der Waals surface area contributed by atoms with Crippen molar-refractivity contribution < 1.29 is 4.79 Å². The summed E-state index contributed by atoms with van der Waals surface area (Å²) in [5, 5.41) is 14.0. The highest BCUT2D eigenvalue weighted by Crippen LogP contribution is 2.18. The summed E-state index contributed by atoms with van der Waals surface area (Å²) in [6, 6.07) is 18.6. The van der Waals surface area contributed by atoms with Crippen LogP contribution in [0.3, 0.4) is 0 Å². The first kappa shape index (κ1) is 16.1. The molecule has 0 atom stereocenters. The fourth-order valence-electron chi connectivity index (χ4n) is 2.16. The molecule has 3 aromatic rings. The van der Waals surface area contributed by atoms with Crippen LogP contribution in [0.5, 0.6) is 0 Å². The molecular weight excluding hydrogens is 368 g/mol. The summed E-state index contributed by atoms with van der Waals surface area (Å²) >= 11 is 3.39. The first-order valence-corrected chi connectivity index (χ1v) is 8.14. The molecule has 0 saturated heterocycles. The van der Waals surface area contributed by atoms with Crippen LogP contribution >= 0.6 is 15.9 Å². The highest BCUT2D eigenvalue weighted by Gasteiger charge is 2.09. The van der Waals surface area contributed by atoms with Gasteiger partial charge in [-0.15, -0.1) is 10.2 Å². The number of hydrogen-bond donors (Lipinski definition) is 2. The van der Waals surface area contributed by atoms with Gasteiger partial charge in [-0.3, -0.25) is 4.79 Å². The van der Waals surface area contributed by atoms with E-state index in [2.05, 4.69) is 36.8 Å². The summed E-state index contributed by atoms with van der Waals surface area (Å²) in [7, 11) is 0. The zero-order valence-corrected chi connectivity index (χ0v) is 14.5. The van der Waals surface area contributed by atoms with Crippen molar-refractivity contribution in [1.82, 2.24) is 10.2 Å². The van der Waals surface area contributed by atoms with E-state index in [1.807, 2.05) is 49.4 Å². The van der Waals surface area contributed by atoms with Crippen molar-refractivity contribution in [3.63, 3.8) is 0 Å². The highest BCUT2D eigenvalue weighted by atomic mass is 79.9. The Hall–Kier alpha value is -2.73. The average Bonchev–Trinajstić information content (AvgIpc) is 2.59. The van der Waals surface area contributed by atoms with Gasteiger partial charge in [-0.2, -0.15) is 0 Å². The number of carbonyl (C=O) groups is 1. The summed E-state index contributed by atoms with van der Waals surface area (Å²) in [5.74, 6) is 0.812. The summed E-state index contributed by atoms with van der Waals surface area (Å²) in [6.07, 6.45) is 0. The van der Waals surface area contributed by atoms with Gasteiger partial charge in [0.25, 0.3) is 5.91 Å². The zero-order valence-electron chi connectivity index (χ0n) is 13.0. The molecule has 1 amide bonds. The van der Waals surface area contributed by atoms with Crippen molar-refractivity contribution >= 4 is 39.2 Å². The molecule has 0 spiro atoms. The fourth-order valence-corrected chi connectivity index (χ4v) is 2.42. The second kappa shape index (κ2) is 7.23. The second-order valence-corrected chi connectivity index (χ2v) is 6.12. The first-order valence-electron chi connectivity index (χ1n) is 7.35. The van der Waals surface area contributed by atoms with Crippen molar-refractivity contribution in [1.29, 1.82) is 0 Å². The van der Waals surface area contributed by atoms with Crippen molar-refractivity contribution in [3.05, 3.63) is 76.3 Å². The van der Waals surface area contributed by atoms with Crippen molar-refractivity contribution in [3.8, 4) is 0 Å². The highest BCUT2D eigenvalue weighted by molar-refractivity contribution is 9.10. The molecule has 0 aliphatic rings. The molecule has 0 fully saturated rings. The lowest BCUT2D eigenvalue weighted by Gasteiger charge is -2.08. The van der Waals surface area contributed by atoms with Gasteiger partial charge in [-0.1, -0.05) is 34.1 Å². The van der Waals surface area contributed by atoms with Crippen LogP contribution < -0.4 is 10.6 Å². The standard InChI is InChI=1S/C18H15BrN4O/c1-12-4-2-3-5-15(12)18(24)21-17-11-10-16(22-23-17)20-14-8-6-13(19)7-9-14/h2-11H,1H3,(H,20,22)(H,21,23,24). The number of benzene rings is 2. The van der Waals surface area contributed by atoms with Gasteiger partial charge in [0.15, 0.2) is 11.6 Å². The number of hydrogen-bond acceptors (Lipinski definition) is 4. The maximum atomic E-state index is 12.2. The lowest BCUT2D eigenvalue weighted by Crippen LogP contribution is -2.14. The molecular formula is C18H15BrN4O. The lowest BCUT2D eigenvalue weighted by molar-refractivity contribution is 0.102. The molecule has 0 bridgehead atoms. The third-order valence-corrected chi connectivity index (χ3v) is 3.94. The fraction of sp³-hybridized carbons (Fsp3) is 0.0556. The molecule has 2 N–H and O–H groups in total. The van der Waals surface area contributed by atoms with Crippen LogP contribution in [-0.4, -0.2) is 16.1 Å². The van der Waals surface area contributed by atoms with E-state index in [-0.39, 0.29) is 5.91 Å². The third-order valence-electron chi connectivity index (χ3n) is 3.41. The predicted molar refractivity (Wildman–Crippen MR) is 98.6 cm³/mol. The average molecular weight is 383 g/mol. The molecule has 2 aromatic carbocycles. The number of nitrogens with one attached hydrogen (secondary N) is 2. The molecule has 0 radical (unpaired) electrons. The number of halogens is 1. The maximum Gasteiger partial charge on any atom is 0.257 e. The number of amides is 1. The molecule has 1 aromatic heterocycles. The number of aromatic nitrogens is 2. The van der Waals surface area contributed by atoms with E-state index in [1.54, 1.807) is 18.2 Å². The summed E-state index contributed by atoms with van der Waals surface area (Å²) in [5.41, 5.74) is 2.44. The van der Waals surface area contributed by atoms with Crippen LogP contribution in [0, 0.1) is 6.92 Å². The van der Waals surface area contributed by atoms with Gasteiger partial charge >= 0.3 is 0 Å². The minimum atomic E-state index is -0.198. The molecule has 1 heterocycles. The monoisotopic (exact) mass is 382 g/mol. The molecule has 0 aliphatic heterocycles. The molecule has 3 rings (SSSR count). The van der Waals surface area contributed by atoms with Crippen LogP contribution in [-0.2, 0) is 0 Å². The van der Waals surface area contributed by atoms with E-state index in [0.29, 0.717) is 17.2 Å². The van der Waals surface area contributed by atoms with Crippen LogP contribution in [0.1, 0.15) is 15.9 Å². The van der Waals surface area contributed by atoms with Gasteiger partial charge < -0.3 is 10.6 Å². The minimum absolute atomic E-state index is 0.198. The molecule has 0 unspecified atom stereocenters. The van der Waals surface area contributed by atoms with E-state index in [1.165, 1.54) is 0 Å². The number of anilines is 3. The second-order valence-electron chi connectivity index (χ2n) is 5.20. The lowest BCUT2D eigenvalue weighted by atomic mass is 10.1. The van der Waals surface area contributed by atoms with Crippen molar-refractivity contribution in [2.75, 3.05) is 10.6 Å². The zero-order chi connectivity index (χ0) is 16.9. The smallest absolute Gasteiger partial charge is 0.257 e. The van der Waals surface area contributed by atoms with E-state index in [0.717, 1.165) is 15.7 Å². The normalized spacial score (nSPS) is 10.2. The first-order chi connectivity index (χ1) is 11.6. The summed E-state index contributed by atoms with van der Waals surface area (Å²) in [6.45, 7) is 1.89. The van der Waals surface area contributed by atoms with Crippen molar-refractivity contribution in [2.24, 2.45) is 0 Å². The van der Waals surface area contributed by atoms with Crippen molar-refractivity contribution in [2.45, 2.75) is 6.92 Å². The Bertz CT molecular complexity index is 848. The maximum absolute atomic E-state index is 12.2. The number of nitrogens with zero attached hydrogens (tertiary/aromatic N) is 2. The largest absolute Gasteiger partial charge is 0.339 e. The van der Waals surface area contributed by atoms with Crippen LogP contribution in [0.15, 0.2) is 65.1 Å². The van der Waals surface area contributed by atoms with Gasteiger partial charge in [0.05, 0.1) is 0 Å². The Morgan fingerprint density at radius 2 is 1.58 bits per heavy atom. The van der Waals surface area contributed by atoms with Gasteiger partial charge in [0, 0.05) is 15.7 Å². The van der Waals surface area contributed by atoms with Gasteiger partial charge in [-0.05, 0) is 55.0 Å². The van der Waals surface area contributed by atoms with E-state index in [4.69, 9.17) is 0 Å². The number of rotatable bonds is 4. The van der Waals surface area contributed by atoms with Gasteiger partial charge in [-0.25, -0.2) is 0 Å². The van der Waals surface area contributed by atoms with Crippen LogP contribution in [0.2, 0.25) is 0 Å². The number of aryl methyl sites for hydroxylation is 1. The van der Waals surface area contributed by atoms with E-state index < -0.39 is 0 Å². The molecule has 6 heteroatoms. The Labute approximate surface area is 148 Å². The Balaban J connectivity index is 1.67. The summed E-state index contributed by atoms with van der Waals surface area (Å²) < 4.78 is 1.01. The Kier molecular flexibility index (Phi) is 4.86. The quantitative estimate of drug-likeness (QED) is 0.694. The third kappa shape index (κ3) is 3.97. The topological polar surface area (TPSA) is 66.9 Å². The molecule has 24 heavy (non-hydrogen) atoms. The van der Waals surface area contributed by atoms with Crippen LogP contribution in [0.25, 0.3) is 0 Å². The van der Waals surface area contributed by atoms with Gasteiger partial charge in [0.1, 0.15) is 0 Å². The predicted octanol–water partition coefficient (Wildman–Crippen LogP) is 4.54. The SMILES string of the molecule is Cc1ccccc1C(=O)Nc1ccc(Nc2ccc(Br)cc2)nn1. The van der Waals surface area contributed by atoms with Gasteiger partial charge in [0.2, 0.25) is 0 Å². The molecule has 120 valence electrons. The summed E-state index contributed by atoms with van der Waals surface area (Å²) in [4.78, 5) is 12.2. The Morgan fingerprint density at radius 3 is 2.25 bits per heavy atom. The van der Waals surface area contributed by atoms with E-state index >= 15 is 0 Å². The molecule has 5 nitrogen and oxygen atoms in total. The molecule has 0 aliphatic carbocycles. The minimum Gasteiger partial charge on any atom is -0.339 e. The van der Waals surface area contributed by atoms with E-state index in [9.17, 15) is 4.79 Å². The van der Waals surface area contributed by atoms with Crippen LogP contribution in [0.4, 0.5) is 17.3 Å². The Morgan fingerprint density at radius 1 is 0.917 bits per heavy atom. The molecule has 0 saturated carbocycles. The number of carbonyl (C=O) groups excluding carboxylic acids is 1.